The second-order valence-corrected chi connectivity index (χ2v) is 10.4. The number of carbonyl (C=O) groups excluding carboxylic acids is 1. The third kappa shape index (κ3) is 6.43. The Morgan fingerprint density at radius 1 is 0.842 bits per heavy atom. The van der Waals surface area contributed by atoms with E-state index in [1.54, 1.807) is 43.5 Å². The molecular formula is C27H31ClN2O7S. The van der Waals surface area contributed by atoms with Crippen molar-refractivity contribution in [2.45, 2.75) is 24.3 Å². The number of amides is 1. The zero-order valence-electron chi connectivity index (χ0n) is 21.9. The molecule has 11 heteroatoms. The summed E-state index contributed by atoms with van der Waals surface area (Å²) in [5.74, 6) is 1.21. The quantitative estimate of drug-likeness (QED) is 0.337. The van der Waals surface area contributed by atoms with Gasteiger partial charge < -0.3 is 24.3 Å². The van der Waals surface area contributed by atoms with Crippen LogP contribution in [0.4, 0.5) is 5.69 Å². The Hall–Kier alpha value is -3.63. The lowest BCUT2D eigenvalue weighted by Crippen LogP contribution is -2.42. The molecule has 9 nitrogen and oxygen atoms in total. The van der Waals surface area contributed by atoms with Crippen molar-refractivity contribution in [2.24, 2.45) is 0 Å². The summed E-state index contributed by atoms with van der Waals surface area (Å²) in [6.07, 6.45) is 0.560. The smallest absolute Gasteiger partial charge is 0.264 e. The van der Waals surface area contributed by atoms with Crippen molar-refractivity contribution in [1.29, 1.82) is 0 Å². The molecule has 0 spiro atoms. The fraction of sp³-hybridized carbons (Fsp3) is 0.296. The Labute approximate surface area is 228 Å². The zero-order valence-corrected chi connectivity index (χ0v) is 23.4. The standard InChI is InChI=1S/C27H31ClN2O7S/c1-6-22(18-7-13-23(34-2)25(15-18)36-4)29-27(31)17-30(20-10-8-19(28)9-11-20)38(32,33)21-12-14-24(35-3)26(16-21)37-5/h7-16,22H,6,17H2,1-5H3,(H,29,31). The number of nitrogens with zero attached hydrogens (tertiary/aromatic N) is 1. The highest BCUT2D eigenvalue weighted by Gasteiger charge is 2.29. The highest BCUT2D eigenvalue weighted by Crippen LogP contribution is 2.33. The maximum absolute atomic E-state index is 13.8. The second-order valence-electron chi connectivity index (χ2n) is 8.15. The Morgan fingerprint density at radius 3 is 1.95 bits per heavy atom. The van der Waals surface area contributed by atoms with Gasteiger partial charge in [-0.05, 0) is 60.5 Å². The van der Waals surface area contributed by atoms with E-state index in [1.807, 2.05) is 13.0 Å². The van der Waals surface area contributed by atoms with Crippen LogP contribution in [0.15, 0.2) is 65.6 Å². The predicted molar refractivity (Wildman–Crippen MR) is 146 cm³/mol. The van der Waals surface area contributed by atoms with Gasteiger partial charge in [0.15, 0.2) is 23.0 Å². The minimum Gasteiger partial charge on any atom is -0.493 e. The Kier molecular flexibility index (Phi) is 9.71. The predicted octanol–water partition coefficient (Wildman–Crippen LogP) is 4.84. The molecule has 1 unspecified atom stereocenters. The Balaban J connectivity index is 1.95. The van der Waals surface area contributed by atoms with Gasteiger partial charge in [0.1, 0.15) is 6.54 Å². The molecule has 1 amide bonds. The molecule has 0 saturated heterocycles. The normalized spacial score (nSPS) is 11.8. The molecule has 0 aliphatic heterocycles. The molecule has 0 bridgehead atoms. The Morgan fingerprint density at radius 2 is 1.39 bits per heavy atom. The van der Waals surface area contributed by atoms with E-state index in [-0.39, 0.29) is 16.3 Å². The van der Waals surface area contributed by atoms with Gasteiger partial charge in [-0.15, -0.1) is 0 Å². The van der Waals surface area contributed by atoms with E-state index >= 15 is 0 Å². The van der Waals surface area contributed by atoms with Gasteiger partial charge in [-0.3, -0.25) is 9.10 Å². The number of benzene rings is 3. The zero-order chi connectivity index (χ0) is 27.9. The van der Waals surface area contributed by atoms with Gasteiger partial charge in [-0.2, -0.15) is 0 Å². The first-order valence-electron chi connectivity index (χ1n) is 11.7. The molecule has 0 aliphatic carbocycles. The fourth-order valence-electron chi connectivity index (χ4n) is 3.89. The van der Waals surface area contributed by atoms with Crippen molar-refractivity contribution in [3.8, 4) is 23.0 Å². The van der Waals surface area contributed by atoms with Crippen LogP contribution in [-0.4, -0.2) is 49.3 Å². The molecule has 38 heavy (non-hydrogen) atoms. The van der Waals surface area contributed by atoms with Crippen molar-refractivity contribution < 1.29 is 32.2 Å². The number of sulfonamides is 1. The average molecular weight is 563 g/mol. The highest BCUT2D eigenvalue weighted by molar-refractivity contribution is 7.92. The number of hydrogen-bond donors (Lipinski definition) is 1. The molecule has 0 aliphatic rings. The first-order chi connectivity index (χ1) is 18.2. The lowest BCUT2D eigenvalue weighted by atomic mass is 10.0. The molecule has 0 aromatic heterocycles. The lowest BCUT2D eigenvalue weighted by Gasteiger charge is -2.26. The largest absolute Gasteiger partial charge is 0.493 e. The minimum atomic E-state index is -4.19. The summed E-state index contributed by atoms with van der Waals surface area (Å²) in [7, 11) is 1.76. The van der Waals surface area contributed by atoms with Crippen molar-refractivity contribution in [1.82, 2.24) is 5.32 Å². The van der Waals surface area contributed by atoms with Crippen LogP contribution in [0.3, 0.4) is 0 Å². The van der Waals surface area contributed by atoms with E-state index < -0.39 is 28.5 Å². The first kappa shape index (κ1) is 28.9. The van der Waals surface area contributed by atoms with E-state index in [1.165, 1.54) is 39.5 Å². The van der Waals surface area contributed by atoms with E-state index in [2.05, 4.69) is 5.32 Å². The summed E-state index contributed by atoms with van der Waals surface area (Å²) in [5, 5.41) is 3.37. The van der Waals surface area contributed by atoms with Crippen molar-refractivity contribution >= 4 is 33.2 Å². The Bertz CT molecular complexity index is 1360. The van der Waals surface area contributed by atoms with Crippen molar-refractivity contribution in [3.63, 3.8) is 0 Å². The number of hydrogen-bond acceptors (Lipinski definition) is 7. The van der Waals surface area contributed by atoms with Crippen LogP contribution in [0.5, 0.6) is 23.0 Å². The van der Waals surface area contributed by atoms with Crippen LogP contribution < -0.4 is 28.6 Å². The van der Waals surface area contributed by atoms with Gasteiger partial charge in [-0.1, -0.05) is 24.6 Å². The van der Waals surface area contributed by atoms with Crippen LogP contribution in [0.25, 0.3) is 0 Å². The number of ether oxygens (including phenoxy) is 4. The molecule has 3 rings (SSSR count). The molecule has 0 fully saturated rings. The second kappa shape index (κ2) is 12.7. The summed E-state index contributed by atoms with van der Waals surface area (Å²) in [4.78, 5) is 13.2. The molecule has 0 heterocycles. The maximum Gasteiger partial charge on any atom is 0.264 e. The molecule has 3 aromatic rings. The maximum atomic E-state index is 13.8. The molecule has 204 valence electrons. The summed E-state index contributed by atoms with van der Waals surface area (Å²) >= 11 is 6.03. The van der Waals surface area contributed by atoms with E-state index in [0.29, 0.717) is 28.7 Å². The molecule has 3 aromatic carbocycles. The van der Waals surface area contributed by atoms with Gasteiger partial charge >= 0.3 is 0 Å². The number of methoxy groups -OCH3 is 4. The lowest BCUT2D eigenvalue weighted by molar-refractivity contribution is -0.120. The summed E-state index contributed by atoms with van der Waals surface area (Å²) in [6, 6.07) is 15.4. The van der Waals surface area contributed by atoms with Crippen LogP contribution in [0.2, 0.25) is 5.02 Å². The molecular weight excluding hydrogens is 532 g/mol. The van der Waals surface area contributed by atoms with Crippen molar-refractivity contribution in [2.75, 3.05) is 39.3 Å². The number of carbonyl (C=O) groups is 1. The highest BCUT2D eigenvalue weighted by atomic mass is 35.5. The van der Waals surface area contributed by atoms with E-state index in [9.17, 15) is 13.2 Å². The molecule has 0 radical (unpaired) electrons. The number of anilines is 1. The monoisotopic (exact) mass is 562 g/mol. The summed E-state index contributed by atoms with van der Waals surface area (Å²) in [5.41, 5.74) is 1.07. The van der Waals surface area contributed by atoms with Gasteiger partial charge in [0, 0.05) is 11.1 Å². The first-order valence-corrected chi connectivity index (χ1v) is 13.5. The third-order valence-electron chi connectivity index (χ3n) is 5.90. The average Bonchev–Trinajstić information content (AvgIpc) is 2.94. The van der Waals surface area contributed by atoms with Gasteiger partial charge in [0.2, 0.25) is 5.91 Å². The van der Waals surface area contributed by atoms with Gasteiger partial charge in [-0.25, -0.2) is 8.42 Å². The topological polar surface area (TPSA) is 103 Å². The molecule has 1 atom stereocenters. The summed E-state index contributed by atoms with van der Waals surface area (Å²) in [6.45, 7) is 1.45. The SMILES string of the molecule is CCC(NC(=O)CN(c1ccc(Cl)cc1)S(=O)(=O)c1ccc(OC)c(OC)c1)c1ccc(OC)c(OC)c1. The molecule has 1 N–H and O–H groups in total. The van der Waals surface area contributed by atoms with Crippen LogP contribution in [0.1, 0.15) is 24.9 Å². The summed E-state index contributed by atoms with van der Waals surface area (Å²) < 4.78 is 49.8. The fourth-order valence-corrected chi connectivity index (χ4v) is 5.45. The van der Waals surface area contributed by atoms with E-state index in [4.69, 9.17) is 30.5 Å². The van der Waals surface area contributed by atoms with Crippen LogP contribution >= 0.6 is 11.6 Å². The van der Waals surface area contributed by atoms with Gasteiger partial charge in [0.25, 0.3) is 10.0 Å². The minimum absolute atomic E-state index is 0.0650. The number of nitrogens with one attached hydrogen (secondary N) is 1. The third-order valence-corrected chi connectivity index (χ3v) is 7.92. The number of halogens is 1. The van der Waals surface area contributed by atoms with Gasteiger partial charge in [0.05, 0.1) is 45.1 Å². The van der Waals surface area contributed by atoms with E-state index in [0.717, 1.165) is 9.87 Å². The molecule has 0 saturated carbocycles. The number of rotatable bonds is 12. The van der Waals surface area contributed by atoms with Crippen molar-refractivity contribution in [3.05, 3.63) is 71.2 Å². The van der Waals surface area contributed by atoms with Crippen LogP contribution in [0, 0.1) is 0 Å². The van der Waals surface area contributed by atoms with Crippen LogP contribution in [-0.2, 0) is 14.8 Å².